The molecule has 2 rings (SSSR count). The molecule has 0 aliphatic carbocycles. The highest BCUT2D eigenvalue weighted by Crippen LogP contribution is 2.30. The van der Waals surface area contributed by atoms with Gasteiger partial charge in [0.15, 0.2) is 11.6 Å². The third-order valence-electron chi connectivity index (χ3n) is 3.27. The lowest BCUT2D eigenvalue weighted by Gasteiger charge is -2.19. The van der Waals surface area contributed by atoms with Crippen LogP contribution in [0.3, 0.4) is 0 Å². The van der Waals surface area contributed by atoms with Crippen LogP contribution in [0.1, 0.15) is 32.0 Å². The Kier molecular flexibility index (Phi) is 6.58. The van der Waals surface area contributed by atoms with E-state index in [4.69, 9.17) is 9.47 Å². The number of benzene rings is 1. The largest absolute Gasteiger partial charge is 0.444 e. The number of nitrogens with zero attached hydrogens (tertiary/aromatic N) is 1. The molecular weight excluding hydrogens is 403 g/mol. The second kappa shape index (κ2) is 8.49. The van der Waals surface area contributed by atoms with Crippen LogP contribution in [-0.2, 0) is 11.2 Å². The maximum absolute atomic E-state index is 14.8. The monoisotopic (exact) mass is 424 g/mol. The van der Waals surface area contributed by atoms with E-state index in [0.29, 0.717) is 15.9 Å². The van der Waals surface area contributed by atoms with Gasteiger partial charge < -0.3 is 14.8 Å². The molecule has 0 saturated carbocycles. The second-order valence-electron chi connectivity index (χ2n) is 6.74. The number of nitrogens with one attached hydrogen (secondary N) is 1. The van der Waals surface area contributed by atoms with Crippen molar-refractivity contribution in [3.05, 3.63) is 51.9 Å². The van der Waals surface area contributed by atoms with Crippen LogP contribution in [0.15, 0.2) is 34.8 Å². The maximum atomic E-state index is 14.8. The number of amides is 1. The Morgan fingerprint density at radius 3 is 2.65 bits per heavy atom. The first-order valence-corrected chi connectivity index (χ1v) is 9.00. The van der Waals surface area contributed by atoms with E-state index in [-0.39, 0.29) is 18.7 Å². The molecule has 140 valence electrons. The SMILES string of the molecule is Cc1cccc(Oc2ccc(Br)c(CCNC(=O)OC(C)(C)C)c2F)n1. The average molecular weight is 425 g/mol. The first kappa shape index (κ1) is 20.2. The molecule has 0 saturated heterocycles. The minimum absolute atomic E-state index is 0.0820. The number of ether oxygens (including phenoxy) is 2. The number of rotatable bonds is 5. The number of halogens is 2. The summed E-state index contributed by atoms with van der Waals surface area (Å²) in [6, 6.07) is 8.53. The third kappa shape index (κ3) is 5.98. The molecule has 0 aliphatic rings. The molecule has 0 spiro atoms. The molecule has 0 fully saturated rings. The smallest absolute Gasteiger partial charge is 0.407 e. The molecule has 0 unspecified atom stereocenters. The highest BCUT2D eigenvalue weighted by Gasteiger charge is 2.17. The Labute approximate surface area is 161 Å². The van der Waals surface area contributed by atoms with Gasteiger partial charge >= 0.3 is 6.09 Å². The van der Waals surface area contributed by atoms with Gasteiger partial charge in [0.1, 0.15) is 5.60 Å². The van der Waals surface area contributed by atoms with Crippen molar-refractivity contribution in [3.8, 4) is 11.6 Å². The first-order chi connectivity index (χ1) is 12.2. The van der Waals surface area contributed by atoms with Crippen LogP contribution in [0, 0.1) is 12.7 Å². The number of hydrogen-bond acceptors (Lipinski definition) is 4. The van der Waals surface area contributed by atoms with Crippen LogP contribution in [0.2, 0.25) is 0 Å². The van der Waals surface area contributed by atoms with Crippen molar-refractivity contribution in [2.75, 3.05) is 6.54 Å². The van der Waals surface area contributed by atoms with Crippen molar-refractivity contribution >= 4 is 22.0 Å². The molecule has 0 bridgehead atoms. The molecule has 1 aromatic heterocycles. The lowest BCUT2D eigenvalue weighted by Crippen LogP contribution is -2.33. The van der Waals surface area contributed by atoms with Crippen LogP contribution >= 0.6 is 15.9 Å². The molecule has 26 heavy (non-hydrogen) atoms. The van der Waals surface area contributed by atoms with E-state index < -0.39 is 17.5 Å². The highest BCUT2D eigenvalue weighted by molar-refractivity contribution is 9.10. The van der Waals surface area contributed by atoms with Crippen LogP contribution in [0.4, 0.5) is 9.18 Å². The summed E-state index contributed by atoms with van der Waals surface area (Å²) in [6.07, 6.45) is -0.255. The van der Waals surface area contributed by atoms with Gasteiger partial charge in [0.25, 0.3) is 0 Å². The van der Waals surface area contributed by atoms with Gasteiger partial charge in [-0.25, -0.2) is 14.2 Å². The molecular formula is C19H22BrFN2O3. The van der Waals surface area contributed by atoms with Crippen molar-refractivity contribution in [2.24, 2.45) is 0 Å². The summed E-state index contributed by atoms with van der Waals surface area (Å²) in [6.45, 7) is 7.41. The summed E-state index contributed by atoms with van der Waals surface area (Å²) in [4.78, 5) is 15.9. The molecule has 5 nitrogen and oxygen atoms in total. The van der Waals surface area contributed by atoms with Crippen molar-refractivity contribution in [1.29, 1.82) is 0 Å². The molecule has 1 amide bonds. The predicted molar refractivity (Wildman–Crippen MR) is 101 cm³/mol. The Morgan fingerprint density at radius 1 is 1.27 bits per heavy atom. The number of alkyl carbamates (subject to hydrolysis) is 1. The molecule has 0 atom stereocenters. The number of carbonyl (C=O) groups excluding carboxylic acids is 1. The lowest BCUT2D eigenvalue weighted by molar-refractivity contribution is 0.0528. The van der Waals surface area contributed by atoms with Crippen molar-refractivity contribution in [3.63, 3.8) is 0 Å². The van der Waals surface area contributed by atoms with Crippen LogP contribution in [0.5, 0.6) is 11.6 Å². The van der Waals surface area contributed by atoms with Crippen molar-refractivity contribution < 1.29 is 18.7 Å². The van der Waals surface area contributed by atoms with E-state index in [1.807, 2.05) is 13.0 Å². The number of pyridine rings is 1. The normalized spacial score (nSPS) is 11.2. The van der Waals surface area contributed by atoms with Gasteiger partial charge in [0.2, 0.25) is 5.88 Å². The Bertz CT molecular complexity index is 791. The zero-order valence-electron chi connectivity index (χ0n) is 15.2. The highest BCUT2D eigenvalue weighted by atomic mass is 79.9. The van der Waals surface area contributed by atoms with Gasteiger partial charge in [-0.2, -0.15) is 0 Å². The van der Waals surface area contributed by atoms with Crippen LogP contribution in [-0.4, -0.2) is 23.2 Å². The second-order valence-corrected chi connectivity index (χ2v) is 7.59. The predicted octanol–water partition coefficient (Wildman–Crippen LogP) is 5.15. The Hall–Kier alpha value is -2.15. The molecule has 1 N–H and O–H groups in total. The first-order valence-electron chi connectivity index (χ1n) is 8.21. The van der Waals surface area contributed by atoms with Gasteiger partial charge in [-0.1, -0.05) is 22.0 Å². The van der Waals surface area contributed by atoms with Crippen LogP contribution in [0.25, 0.3) is 0 Å². The van der Waals surface area contributed by atoms with Gasteiger partial charge in [0, 0.05) is 28.3 Å². The molecule has 7 heteroatoms. The zero-order valence-corrected chi connectivity index (χ0v) is 16.8. The standard InChI is InChI=1S/C19H22BrFN2O3/c1-12-6-5-7-16(23-12)25-15-9-8-14(20)13(17(15)21)10-11-22-18(24)26-19(2,3)4/h5-9H,10-11H2,1-4H3,(H,22,24). The van der Waals surface area contributed by atoms with E-state index in [0.717, 1.165) is 5.69 Å². The molecule has 0 aliphatic heterocycles. The molecule has 1 heterocycles. The maximum Gasteiger partial charge on any atom is 0.407 e. The molecule has 1 aromatic carbocycles. The van der Waals surface area contributed by atoms with E-state index in [1.165, 1.54) is 6.07 Å². The Morgan fingerprint density at radius 2 is 2.00 bits per heavy atom. The van der Waals surface area contributed by atoms with Crippen molar-refractivity contribution in [1.82, 2.24) is 10.3 Å². The minimum Gasteiger partial charge on any atom is -0.444 e. The summed E-state index contributed by atoms with van der Waals surface area (Å²) >= 11 is 3.34. The quantitative estimate of drug-likeness (QED) is 0.720. The fourth-order valence-corrected chi connectivity index (χ4v) is 2.68. The van der Waals surface area contributed by atoms with E-state index in [2.05, 4.69) is 26.2 Å². The Balaban J connectivity index is 2.06. The van der Waals surface area contributed by atoms with Gasteiger partial charge in [-0.05, 0) is 52.3 Å². The fourth-order valence-electron chi connectivity index (χ4n) is 2.18. The number of carbonyl (C=O) groups is 1. The van der Waals surface area contributed by atoms with E-state index >= 15 is 0 Å². The summed E-state index contributed by atoms with van der Waals surface area (Å²) in [5, 5.41) is 2.62. The lowest BCUT2D eigenvalue weighted by atomic mass is 10.1. The van der Waals surface area contributed by atoms with Crippen LogP contribution < -0.4 is 10.1 Å². The number of hydrogen-bond donors (Lipinski definition) is 1. The van der Waals surface area contributed by atoms with Gasteiger partial charge in [0.05, 0.1) is 0 Å². The van der Waals surface area contributed by atoms with Crippen molar-refractivity contribution in [2.45, 2.75) is 39.7 Å². The number of aryl methyl sites for hydroxylation is 1. The fraction of sp³-hybridized carbons (Fsp3) is 0.368. The minimum atomic E-state index is -0.579. The number of aromatic nitrogens is 1. The summed E-state index contributed by atoms with van der Waals surface area (Å²) < 4.78 is 26.1. The summed E-state index contributed by atoms with van der Waals surface area (Å²) in [5.41, 5.74) is 0.609. The topological polar surface area (TPSA) is 60.5 Å². The summed E-state index contributed by atoms with van der Waals surface area (Å²) in [5.74, 6) is -0.0868. The van der Waals surface area contributed by atoms with Gasteiger partial charge in [-0.15, -0.1) is 0 Å². The third-order valence-corrected chi connectivity index (χ3v) is 4.01. The van der Waals surface area contributed by atoms with E-state index in [1.54, 1.807) is 39.0 Å². The van der Waals surface area contributed by atoms with E-state index in [9.17, 15) is 9.18 Å². The molecule has 2 aromatic rings. The zero-order chi connectivity index (χ0) is 19.3. The van der Waals surface area contributed by atoms with Gasteiger partial charge in [-0.3, -0.25) is 0 Å². The molecule has 0 radical (unpaired) electrons. The summed E-state index contributed by atoms with van der Waals surface area (Å²) in [7, 11) is 0. The average Bonchev–Trinajstić information content (AvgIpc) is 2.52.